The van der Waals surface area contributed by atoms with Crippen molar-refractivity contribution in [2.24, 2.45) is 5.73 Å². The second-order valence-corrected chi connectivity index (χ2v) is 3.15. The molecule has 1 unspecified atom stereocenters. The zero-order valence-corrected chi connectivity index (χ0v) is 7.28. The number of aliphatic hydroxyl groups is 4. The minimum Gasteiger partial charge on any atom is -0.394 e. The molecule has 1 saturated heterocycles. The normalized spacial score (nSPS) is 43.6. The van der Waals surface area contributed by atoms with Crippen molar-refractivity contribution in [3.8, 4) is 0 Å². The van der Waals surface area contributed by atoms with Crippen molar-refractivity contribution in [1.82, 2.24) is 0 Å². The van der Waals surface area contributed by atoms with Gasteiger partial charge in [0, 0.05) is 0 Å². The van der Waals surface area contributed by atoms with Crippen LogP contribution in [0.15, 0.2) is 0 Å². The third-order valence-electron chi connectivity index (χ3n) is 2.17. The zero-order chi connectivity index (χ0) is 10.9. The lowest BCUT2D eigenvalue weighted by Crippen LogP contribution is -2.61. The van der Waals surface area contributed by atoms with E-state index in [4.69, 9.17) is 15.6 Å². The van der Waals surface area contributed by atoms with E-state index < -0.39 is 43.0 Å². The molecule has 0 radical (unpaired) electrons. The van der Waals surface area contributed by atoms with Gasteiger partial charge in [-0.1, -0.05) is 0 Å². The summed E-state index contributed by atoms with van der Waals surface area (Å²) in [7, 11) is 0. The molecule has 1 fully saturated rings. The highest BCUT2D eigenvalue weighted by atomic mass is 16.5. The van der Waals surface area contributed by atoms with Crippen LogP contribution in [0.25, 0.3) is 0 Å². The first kappa shape index (κ1) is 11.3. The van der Waals surface area contributed by atoms with E-state index in [0.29, 0.717) is 0 Å². The van der Waals surface area contributed by atoms with Crippen LogP contribution < -0.4 is 5.73 Å². The number of hydrogen-bond acceptors (Lipinski definition) is 6. The van der Waals surface area contributed by atoms with E-state index >= 15 is 0 Å². The molecular formula is C7H13NO6. The Labute approximate surface area is 79.7 Å². The van der Waals surface area contributed by atoms with Gasteiger partial charge in [0.1, 0.15) is 24.4 Å². The fraction of sp³-hybridized carbons (Fsp3) is 0.857. The predicted octanol–water partition coefficient (Wildman–Crippen LogP) is -3.69. The maximum atomic E-state index is 10.7. The summed E-state index contributed by atoms with van der Waals surface area (Å²) in [6.07, 6.45) is -7.11. The van der Waals surface area contributed by atoms with Crippen molar-refractivity contribution in [3.63, 3.8) is 0 Å². The molecule has 7 heteroatoms. The van der Waals surface area contributed by atoms with Gasteiger partial charge in [0.15, 0.2) is 6.10 Å². The van der Waals surface area contributed by atoms with E-state index in [2.05, 4.69) is 0 Å². The lowest BCUT2D eigenvalue weighted by molar-refractivity contribution is -0.225. The van der Waals surface area contributed by atoms with Gasteiger partial charge in [0.2, 0.25) is 5.91 Å². The molecule has 0 aromatic carbocycles. The first-order valence-electron chi connectivity index (χ1n) is 4.09. The van der Waals surface area contributed by atoms with Gasteiger partial charge in [0.05, 0.1) is 6.61 Å². The van der Waals surface area contributed by atoms with Crippen molar-refractivity contribution in [1.29, 1.82) is 0 Å². The monoisotopic (exact) mass is 207 g/mol. The fourth-order valence-corrected chi connectivity index (χ4v) is 1.34. The molecule has 6 N–H and O–H groups in total. The van der Waals surface area contributed by atoms with Gasteiger partial charge >= 0.3 is 0 Å². The predicted molar refractivity (Wildman–Crippen MR) is 43.0 cm³/mol. The lowest BCUT2D eigenvalue weighted by Gasteiger charge is -2.38. The number of primary amides is 1. The number of hydrogen-bond donors (Lipinski definition) is 5. The molecule has 0 aromatic heterocycles. The van der Waals surface area contributed by atoms with Crippen LogP contribution in [0.1, 0.15) is 0 Å². The third kappa shape index (κ3) is 1.86. The molecule has 0 aliphatic carbocycles. The molecule has 1 rings (SSSR count). The Morgan fingerprint density at radius 3 is 2.21 bits per heavy atom. The smallest absolute Gasteiger partial charge is 0.249 e. The van der Waals surface area contributed by atoms with Gasteiger partial charge < -0.3 is 30.9 Å². The van der Waals surface area contributed by atoms with E-state index in [1.165, 1.54) is 0 Å². The summed E-state index contributed by atoms with van der Waals surface area (Å²) in [5.74, 6) is -0.957. The Bertz CT molecular complexity index is 220. The Kier molecular flexibility index (Phi) is 3.40. The second-order valence-electron chi connectivity index (χ2n) is 3.15. The van der Waals surface area contributed by atoms with E-state index in [1.807, 2.05) is 0 Å². The van der Waals surface area contributed by atoms with Gasteiger partial charge in [-0.25, -0.2) is 0 Å². The van der Waals surface area contributed by atoms with Crippen molar-refractivity contribution < 1.29 is 30.0 Å². The fourth-order valence-electron chi connectivity index (χ4n) is 1.34. The number of nitrogens with two attached hydrogens (primary N) is 1. The highest BCUT2D eigenvalue weighted by molar-refractivity contribution is 5.79. The lowest BCUT2D eigenvalue weighted by atomic mass is 9.95. The maximum Gasteiger partial charge on any atom is 0.249 e. The number of carbonyl (C=O) groups excluding carboxylic acids is 1. The summed E-state index contributed by atoms with van der Waals surface area (Å²) in [5, 5.41) is 36.5. The number of carbonyl (C=O) groups is 1. The van der Waals surface area contributed by atoms with Crippen molar-refractivity contribution >= 4 is 5.91 Å². The minimum atomic E-state index is -1.58. The van der Waals surface area contributed by atoms with Crippen LogP contribution >= 0.6 is 0 Å². The first-order chi connectivity index (χ1) is 6.49. The van der Waals surface area contributed by atoms with Crippen molar-refractivity contribution in [3.05, 3.63) is 0 Å². The summed E-state index contributed by atoms with van der Waals surface area (Å²) < 4.78 is 4.81. The molecule has 14 heavy (non-hydrogen) atoms. The molecule has 1 aliphatic heterocycles. The zero-order valence-electron chi connectivity index (χ0n) is 7.28. The third-order valence-corrected chi connectivity index (χ3v) is 2.17. The standard InChI is InChI=1S/C7H13NO6/c8-7(13)6-5(12)4(11)3(10)2(1-9)14-6/h2-6,9-12H,1H2,(H2,8,13)/t2-,3-,4+,5-,6?/m1/s1. The van der Waals surface area contributed by atoms with E-state index in [1.54, 1.807) is 0 Å². The Morgan fingerprint density at radius 1 is 1.21 bits per heavy atom. The summed E-state index contributed by atoms with van der Waals surface area (Å²) in [6, 6.07) is 0. The van der Waals surface area contributed by atoms with Crippen LogP contribution in [0.3, 0.4) is 0 Å². The van der Waals surface area contributed by atoms with E-state index in [0.717, 1.165) is 0 Å². The van der Waals surface area contributed by atoms with Crippen LogP contribution in [-0.2, 0) is 9.53 Å². The molecule has 1 amide bonds. The summed E-state index contributed by atoms with van der Waals surface area (Å²) in [5.41, 5.74) is 4.88. The van der Waals surface area contributed by atoms with Gasteiger partial charge in [-0.2, -0.15) is 0 Å². The molecular weight excluding hydrogens is 194 g/mol. The van der Waals surface area contributed by atoms with E-state index in [9.17, 15) is 20.1 Å². The Hall–Kier alpha value is -0.730. The molecule has 7 nitrogen and oxygen atoms in total. The number of rotatable bonds is 2. The summed E-state index contributed by atoms with van der Waals surface area (Å²) in [6.45, 7) is -0.575. The van der Waals surface area contributed by atoms with Crippen LogP contribution in [-0.4, -0.2) is 63.5 Å². The second kappa shape index (κ2) is 4.20. The van der Waals surface area contributed by atoms with Gasteiger partial charge in [-0.15, -0.1) is 0 Å². The van der Waals surface area contributed by atoms with Gasteiger partial charge in [-0.3, -0.25) is 4.79 Å². The van der Waals surface area contributed by atoms with Crippen molar-refractivity contribution in [2.75, 3.05) is 6.61 Å². The largest absolute Gasteiger partial charge is 0.394 e. The number of amides is 1. The molecule has 5 atom stereocenters. The average molecular weight is 207 g/mol. The van der Waals surface area contributed by atoms with E-state index in [-0.39, 0.29) is 0 Å². The minimum absolute atomic E-state index is 0.575. The highest BCUT2D eigenvalue weighted by Gasteiger charge is 2.45. The molecule has 1 heterocycles. The van der Waals surface area contributed by atoms with Crippen LogP contribution in [0.4, 0.5) is 0 Å². The van der Waals surface area contributed by atoms with Gasteiger partial charge in [0.25, 0.3) is 0 Å². The SMILES string of the molecule is NC(=O)C1O[C@H](CO)[C@@H](O)[C@H](O)[C@H]1O. The molecule has 0 aromatic rings. The van der Waals surface area contributed by atoms with Gasteiger partial charge in [-0.05, 0) is 0 Å². The Morgan fingerprint density at radius 2 is 1.79 bits per heavy atom. The highest BCUT2D eigenvalue weighted by Crippen LogP contribution is 2.20. The first-order valence-corrected chi connectivity index (χ1v) is 4.09. The molecule has 0 spiro atoms. The maximum absolute atomic E-state index is 10.7. The Balaban J connectivity index is 2.78. The van der Waals surface area contributed by atoms with Crippen LogP contribution in [0.2, 0.25) is 0 Å². The molecule has 0 bridgehead atoms. The molecule has 82 valence electrons. The number of ether oxygens (including phenoxy) is 1. The average Bonchev–Trinajstić information content (AvgIpc) is 2.14. The van der Waals surface area contributed by atoms with Crippen LogP contribution in [0, 0.1) is 0 Å². The molecule has 1 aliphatic rings. The summed E-state index contributed by atoms with van der Waals surface area (Å²) in [4.78, 5) is 10.7. The topological polar surface area (TPSA) is 133 Å². The molecule has 0 saturated carbocycles. The quantitative estimate of drug-likeness (QED) is 0.316. The van der Waals surface area contributed by atoms with Crippen molar-refractivity contribution in [2.45, 2.75) is 30.5 Å². The van der Waals surface area contributed by atoms with Crippen LogP contribution in [0.5, 0.6) is 0 Å². The summed E-state index contributed by atoms with van der Waals surface area (Å²) >= 11 is 0. The number of aliphatic hydroxyl groups excluding tert-OH is 4.